The quantitative estimate of drug-likeness (QED) is 0.0817. The van der Waals surface area contributed by atoms with E-state index < -0.39 is 23.5 Å². The summed E-state index contributed by atoms with van der Waals surface area (Å²) in [4.78, 5) is 89.1. The molecule has 3 aromatic heterocycles. The van der Waals surface area contributed by atoms with Crippen LogP contribution in [0.2, 0.25) is 0 Å². The van der Waals surface area contributed by atoms with E-state index in [2.05, 4.69) is 25.8 Å². The standard InChI is InChI=1S/C40H49N11O7/c1-24(2)58-33-20-30-26(19-29(33)37(55)43-27(23-52)6-5-13-41-3)22-50(46-30)28-11-16-48(17-12-28)35(54)18-25-9-14-49(15-10-25)39-42-21-32-36(45-39)47(4)40(57)51(32)31-7-8-34(53)44-38(31)56/h5-6,13,19-25,28,31,41H,7-12,14-18H2,1-4H3,(H,43,55)(H,44,53,56)/b13-5-,27-6+. The number of imide groups is 1. The molecule has 3 N–H and O–H groups in total. The van der Waals surface area contributed by atoms with Crippen LogP contribution >= 0.6 is 0 Å². The number of imidazole rings is 1. The number of nitrogens with zero attached hydrogens (tertiary/aromatic N) is 8. The molecule has 4 amide bonds. The first-order chi connectivity index (χ1) is 27.9. The summed E-state index contributed by atoms with van der Waals surface area (Å²) < 4.78 is 10.7. The van der Waals surface area contributed by atoms with E-state index in [-0.39, 0.29) is 48.4 Å². The van der Waals surface area contributed by atoms with Gasteiger partial charge in [-0.1, -0.05) is 0 Å². The lowest BCUT2D eigenvalue weighted by atomic mass is 9.92. The van der Waals surface area contributed by atoms with Gasteiger partial charge in [0.05, 0.1) is 35.1 Å². The Hall–Kier alpha value is -6.33. The highest BCUT2D eigenvalue weighted by molar-refractivity contribution is 6.03. The Morgan fingerprint density at radius 2 is 1.81 bits per heavy atom. The zero-order valence-corrected chi connectivity index (χ0v) is 33.1. The summed E-state index contributed by atoms with van der Waals surface area (Å²) in [5.74, 6) is -0.113. The van der Waals surface area contributed by atoms with Gasteiger partial charge in [-0.2, -0.15) is 10.1 Å². The number of aldehydes is 1. The molecule has 58 heavy (non-hydrogen) atoms. The molecule has 3 aliphatic rings. The van der Waals surface area contributed by atoms with Gasteiger partial charge in [-0.25, -0.2) is 9.78 Å². The van der Waals surface area contributed by atoms with Crippen molar-refractivity contribution in [2.75, 3.05) is 38.1 Å². The van der Waals surface area contributed by atoms with Crippen LogP contribution in [0.1, 0.15) is 81.2 Å². The third-order valence-electron chi connectivity index (χ3n) is 11.0. The predicted molar refractivity (Wildman–Crippen MR) is 214 cm³/mol. The van der Waals surface area contributed by atoms with E-state index in [4.69, 9.17) is 14.8 Å². The van der Waals surface area contributed by atoms with Crippen LogP contribution in [0, 0.1) is 5.92 Å². The van der Waals surface area contributed by atoms with E-state index in [0.717, 1.165) is 31.1 Å². The Morgan fingerprint density at radius 3 is 2.50 bits per heavy atom. The van der Waals surface area contributed by atoms with Gasteiger partial charge in [0, 0.05) is 70.8 Å². The zero-order chi connectivity index (χ0) is 41.1. The van der Waals surface area contributed by atoms with Crippen LogP contribution in [-0.2, 0) is 26.2 Å². The van der Waals surface area contributed by atoms with Crippen molar-refractivity contribution >= 4 is 57.9 Å². The van der Waals surface area contributed by atoms with Crippen molar-refractivity contribution in [1.29, 1.82) is 0 Å². The molecule has 306 valence electrons. The Bertz CT molecular complexity index is 2360. The van der Waals surface area contributed by atoms with E-state index in [1.54, 1.807) is 44.7 Å². The number of benzene rings is 1. The van der Waals surface area contributed by atoms with E-state index >= 15 is 0 Å². The van der Waals surface area contributed by atoms with Crippen LogP contribution in [0.15, 0.2) is 53.4 Å². The lowest BCUT2D eigenvalue weighted by Crippen LogP contribution is -2.44. The maximum absolute atomic E-state index is 13.5. The second-order valence-electron chi connectivity index (χ2n) is 15.3. The van der Waals surface area contributed by atoms with Gasteiger partial charge in [-0.15, -0.1) is 0 Å². The number of aromatic nitrogens is 6. The number of piperidine rings is 3. The number of ether oxygens (including phenoxy) is 1. The minimum atomic E-state index is -0.804. The van der Waals surface area contributed by atoms with Gasteiger partial charge in [-0.05, 0) is 76.3 Å². The molecule has 0 radical (unpaired) electrons. The number of amides is 4. The Labute approximate surface area is 334 Å². The van der Waals surface area contributed by atoms with E-state index in [9.17, 15) is 28.8 Å². The SMILES string of the molecule is CN/C=C\C=C(/C=O)NC(=O)c1cc2cn(C3CCN(C(=O)CC4CCN(c5ncc6c(n5)n(C)c(=O)n6C5CCC(=O)NC5=O)CC4)CC3)nc2cc1OC(C)C. The number of hydrogen-bond donors (Lipinski definition) is 3. The molecule has 18 nitrogen and oxygen atoms in total. The monoisotopic (exact) mass is 795 g/mol. The number of nitrogens with one attached hydrogen (secondary N) is 3. The molecular formula is C40H49N11O7. The summed E-state index contributed by atoms with van der Waals surface area (Å²) in [5.41, 5.74) is 1.54. The number of rotatable bonds is 12. The van der Waals surface area contributed by atoms with E-state index in [0.29, 0.717) is 72.8 Å². The van der Waals surface area contributed by atoms with Crippen LogP contribution in [-0.4, -0.2) is 103 Å². The topological polar surface area (TPSA) is 208 Å². The van der Waals surface area contributed by atoms with Gasteiger partial charge < -0.3 is 25.2 Å². The van der Waals surface area contributed by atoms with Crippen molar-refractivity contribution in [3.05, 3.63) is 64.6 Å². The number of carbonyl (C=O) groups is 5. The molecule has 1 atom stereocenters. The largest absolute Gasteiger partial charge is 0.490 e. The summed E-state index contributed by atoms with van der Waals surface area (Å²) in [5, 5.41) is 13.4. The Morgan fingerprint density at radius 1 is 1.05 bits per heavy atom. The second-order valence-corrected chi connectivity index (χ2v) is 15.3. The maximum atomic E-state index is 13.5. The van der Waals surface area contributed by atoms with Gasteiger partial charge >= 0.3 is 5.69 Å². The van der Waals surface area contributed by atoms with Crippen LogP contribution in [0.4, 0.5) is 5.95 Å². The number of allylic oxidation sites excluding steroid dienone is 3. The Balaban J connectivity index is 0.940. The predicted octanol–water partition coefficient (Wildman–Crippen LogP) is 2.26. The summed E-state index contributed by atoms with van der Waals surface area (Å²) in [6.45, 7) is 6.30. The molecule has 18 heteroatoms. The van der Waals surface area contributed by atoms with Crippen molar-refractivity contribution in [3.8, 4) is 5.75 Å². The molecule has 0 bridgehead atoms. The lowest BCUT2D eigenvalue weighted by Gasteiger charge is -2.35. The van der Waals surface area contributed by atoms with Gasteiger partial charge in [0.15, 0.2) is 11.9 Å². The van der Waals surface area contributed by atoms with Gasteiger partial charge in [0.1, 0.15) is 17.3 Å². The minimum Gasteiger partial charge on any atom is -0.490 e. The Kier molecular flexibility index (Phi) is 11.7. The van der Waals surface area contributed by atoms with Crippen molar-refractivity contribution in [2.24, 2.45) is 13.0 Å². The molecule has 3 aliphatic heterocycles. The van der Waals surface area contributed by atoms with Crippen LogP contribution in [0.5, 0.6) is 5.75 Å². The summed E-state index contributed by atoms with van der Waals surface area (Å²) in [6, 6.07) is 2.76. The first kappa shape index (κ1) is 39.9. The average Bonchev–Trinajstić information content (AvgIpc) is 3.74. The van der Waals surface area contributed by atoms with Crippen molar-refractivity contribution in [1.82, 2.24) is 49.7 Å². The molecule has 7 rings (SSSR count). The molecule has 1 unspecified atom stereocenters. The van der Waals surface area contributed by atoms with E-state index in [1.165, 1.54) is 15.2 Å². The molecular weight excluding hydrogens is 747 g/mol. The molecule has 0 spiro atoms. The van der Waals surface area contributed by atoms with Crippen LogP contribution in [0.25, 0.3) is 22.1 Å². The fourth-order valence-electron chi connectivity index (χ4n) is 7.95. The molecule has 3 saturated heterocycles. The molecule has 4 aromatic rings. The number of aryl methyl sites for hydroxylation is 1. The number of likely N-dealkylation sites (tertiary alicyclic amines) is 1. The lowest BCUT2D eigenvalue weighted by molar-refractivity contribution is -0.136. The fourth-order valence-corrected chi connectivity index (χ4v) is 7.95. The highest BCUT2D eigenvalue weighted by Gasteiger charge is 2.33. The fraction of sp³-hybridized carbons (Fsp3) is 0.475. The van der Waals surface area contributed by atoms with Crippen LogP contribution < -0.4 is 31.3 Å². The van der Waals surface area contributed by atoms with Gasteiger partial charge in [0.25, 0.3) is 5.91 Å². The van der Waals surface area contributed by atoms with Gasteiger partial charge in [0.2, 0.25) is 23.7 Å². The van der Waals surface area contributed by atoms with Crippen molar-refractivity contribution in [2.45, 2.75) is 77.0 Å². The molecule has 0 saturated carbocycles. The molecule has 6 heterocycles. The minimum absolute atomic E-state index is 0.0766. The molecule has 1 aromatic carbocycles. The van der Waals surface area contributed by atoms with Gasteiger partial charge in [-0.3, -0.25) is 43.1 Å². The number of hydrogen-bond acceptors (Lipinski definition) is 12. The summed E-state index contributed by atoms with van der Waals surface area (Å²) in [7, 11) is 3.34. The average molecular weight is 796 g/mol. The summed E-state index contributed by atoms with van der Waals surface area (Å²) >= 11 is 0. The van der Waals surface area contributed by atoms with Crippen LogP contribution in [0.3, 0.4) is 0 Å². The van der Waals surface area contributed by atoms with E-state index in [1.807, 2.05) is 29.6 Å². The second kappa shape index (κ2) is 17.0. The molecule has 0 aliphatic carbocycles. The highest BCUT2D eigenvalue weighted by Crippen LogP contribution is 2.31. The highest BCUT2D eigenvalue weighted by atomic mass is 16.5. The maximum Gasteiger partial charge on any atom is 0.330 e. The van der Waals surface area contributed by atoms with Crippen molar-refractivity contribution < 1.29 is 28.7 Å². The third kappa shape index (κ3) is 8.35. The number of anilines is 1. The summed E-state index contributed by atoms with van der Waals surface area (Å²) in [6.07, 6.45) is 12.5. The zero-order valence-electron chi connectivity index (χ0n) is 33.1. The molecule has 3 fully saturated rings. The number of fused-ring (bicyclic) bond motifs is 2. The normalized spacial score (nSPS) is 18.7. The first-order valence-electron chi connectivity index (χ1n) is 19.7. The first-order valence-corrected chi connectivity index (χ1v) is 19.7. The smallest absolute Gasteiger partial charge is 0.330 e. The van der Waals surface area contributed by atoms with Crippen molar-refractivity contribution in [3.63, 3.8) is 0 Å². The third-order valence-corrected chi connectivity index (χ3v) is 11.0. The number of carbonyl (C=O) groups excluding carboxylic acids is 5.